The van der Waals surface area contributed by atoms with Gasteiger partial charge in [-0.15, -0.1) is 0 Å². The molecule has 5 nitrogen and oxygen atoms in total. The van der Waals surface area contributed by atoms with Gasteiger partial charge in [-0.1, -0.05) is 0 Å². The number of carbonyl (C=O) groups is 1. The van der Waals surface area contributed by atoms with Crippen LogP contribution in [0.2, 0.25) is 0 Å². The number of hydrogen-bond acceptors (Lipinski definition) is 2. The molecule has 1 heterocycles. The lowest BCUT2D eigenvalue weighted by molar-refractivity contribution is -1.00. The van der Waals surface area contributed by atoms with Crippen LogP contribution in [0.25, 0.3) is 0 Å². The predicted octanol–water partition coefficient (Wildman–Crippen LogP) is -1.36. The molecule has 0 atom stereocenters. The molecule has 2 rings (SSSR count). The Morgan fingerprint density at radius 2 is 1.52 bits per heavy atom. The first-order valence-electron chi connectivity index (χ1n) is 7.79. The summed E-state index contributed by atoms with van der Waals surface area (Å²) in [7, 11) is 2.09. The second kappa shape index (κ2) is 8.34. The first-order chi connectivity index (χ1) is 11.8. The number of piperazine rings is 1. The minimum absolute atomic E-state index is 0.142. The van der Waals surface area contributed by atoms with Gasteiger partial charge < -0.3 is 9.80 Å². The number of quaternary nitrogens is 2. The van der Waals surface area contributed by atoms with E-state index in [2.05, 4.69) is 12.1 Å². The van der Waals surface area contributed by atoms with Crippen molar-refractivity contribution in [2.24, 2.45) is 5.10 Å². The topological polar surface area (TPSA) is 50.3 Å². The Hall–Kier alpha value is -2.07. The van der Waals surface area contributed by atoms with Crippen molar-refractivity contribution in [3.05, 3.63) is 34.6 Å². The van der Waals surface area contributed by atoms with Gasteiger partial charge in [0.1, 0.15) is 26.2 Å². The average molecular weight is 366 g/mol. The molecule has 1 aromatic carbocycles. The molecule has 0 spiro atoms. The molecule has 1 aliphatic rings. The van der Waals surface area contributed by atoms with Gasteiger partial charge in [0, 0.05) is 0 Å². The van der Waals surface area contributed by atoms with Crippen molar-refractivity contribution in [1.29, 1.82) is 0 Å². The van der Waals surface area contributed by atoms with Crippen molar-refractivity contribution in [1.82, 2.24) is 5.43 Å². The highest BCUT2D eigenvalue weighted by Crippen LogP contribution is 2.21. The Labute approximate surface area is 141 Å². The van der Waals surface area contributed by atoms with Crippen molar-refractivity contribution < 1.29 is 36.5 Å². The molecule has 0 aliphatic carbocycles. The summed E-state index contributed by atoms with van der Waals surface area (Å²) in [5.74, 6) is -10.9. The van der Waals surface area contributed by atoms with Crippen LogP contribution in [0.15, 0.2) is 5.10 Å². The summed E-state index contributed by atoms with van der Waals surface area (Å²) in [4.78, 5) is 14.4. The van der Waals surface area contributed by atoms with Crippen LogP contribution in [0, 0.1) is 29.1 Å². The fraction of sp³-hybridized carbons (Fsp3) is 0.467. The number of nitrogens with zero attached hydrogens (tertiary/aromatic N) is 1. The van der Waals surface area contributed by atoms with Gasteiger partial charge in [-0.05, 0) is 0 Å². The second-order valence-electron chi connectivity index (χ2n) is 5.98. The van der Waals surface area contributed by atoms with Gasteiger partial charge in [0.25, 0.3) is 0 Å². The van der Waals surface area contributed by atoms with Crippen molar-refractivity contribution in [3.63, 3.8) is 0 Å². The Morgan fingerprint density at radius 3 is 2.08 bits per heavy atom. The van der Waals surface area contributed by atoms with Crippen LogP contribution in [0.4, 0.5) is 22.0 Å². The SMILES string of the molecule is C[NH+]1CC[NH+](CCC(=O)N/N=C\c2c(F)c(F)c(F)c(F)c2F)CC1. The first kappa shape index (κ1) is 19.3. The molecule has 0 aromatic heterocycles. The fourth-order valence-electron chi connectivity index (χ4n) is 2.53. The van der Waals surface area contributed by atoms with E-state index in [4.69, 9.17) is 0 Å². The molecule has 1 aliphatic heterocycles. The summed E-state index contributed by atoms with van der Waals surface area (Å²) in [5.41, 5.74) is 0.823. The zero-order valence-electron chi connectivity index (χ0n) is 13.6. The van der Waals surface area contributed by atoms with Crippen LogP contribution in [0.3, 0.4) is 0 Å². The summed E-state index contributed by atoms with van der Waals surface area (Å²) in [6.07, 6.45) is 0.545. The number of carbonyl (C=O) groups excluding carboxylic acids is 1. The predicted molar refractivity (Wildman–Crippen MR) is 78.8 cm³/mol. The maximum absolute atomic E-state index is 13.4. The third-order valence-electron chi connectivity index (χ3n) is 4.14. The smallest absolute Gasteiger partial charge is 0.245 e. The highest BCUT2D eigenvalue weighted by Gasteiger charge is 2.25. The zero-order valence-corrected chi connectivity index (χ0v) is 13.6. The van der Waals surface area contributed by atoms with Crippen molar-refractivity contribution in [3.8, 4) is 0 Å². The molecule has 0 radical (unpaired) electrons. The maximum Gasteiger partial charge on any atom is 0.245 e. The summed E-state index contributed by atoms with van der Waals surface area (Å²) in [5, 5.41) is 3.28. The average Bonchev–Trinajstić information content (AvgIpc) is 2.60. The highest BCUT2D eigenvalue weighted by atomic mass is 19.2. The van der Waals surface area contributed by atoms with Gasteiger partial charge in [-0.3, -0.25) is 4.79 Å². The Morgan fingerprint density at radius 1 is 1.00 bits per heavy atom. The van der Waals surface area contributed by atoms with E-state index >= 15 is 0 Å². The fourth-order valence-corrected chi connectivity index (χ4v) is 2.53. The van der Waals surface area contributed by atoms with E-state index < -0.39 is 40.6 Å². The molecule has 0 unspecified atom stereocenters. The Balaban J connectivity index is 1.89. The molecule has 138 valence electrons. The quantitative estimate of drug-likeness (QED) is 0.195. The number of hydrogen-bond donors (Lipinski definition) is 3. The van der Waals surface area contributed by atoms with Gasteiger partial charge in [0.2, 0.25) is 11.7 Å². The molecule has 10 heteroatoms. The van der Waals surface area contributed by atoms with Crippen LogP contribution < -0.4 is 15.2 Å². The number of hydrazone groups is 1. The van der Waals surface area contributed by atoms with Gasteiger partial charge in [-0.2, -0.15) is 5.10 Å². The third-order valence-corrected chi connectivity index (χ3v) is 4.14. The standard InChI is InChI=1S/C15H17F5N4O/c1-23-4-6-24(7-5-23)3-2-10(25)22-21-8-9-11(16)13(18)15(20)14(19)12(9)17/h8H,2-7H2,1H3,(H,22,25)/p+2/b21-8-. The van der Waals surface area contributed by atoms with Crippen LogP contribution in [-0.4, -0.2) is 51.9 Å². The highest BCUT2D eigenvalue weighted by molar-refractivity contribution is 5.83. The number of likely N-dealkylation sites (N-methyl/N-ethyl adjacent to an activating group) is 1. The Bertz CT molecular complexity index is 645. The second-order valence-corrected chi connectivity index (χ2v) is 5.98. The number of amides is 1. The molecule has 0 bridgehead atoms. The number of benzene rings is 1. The van der Waals surface area contributed by atoms with E-state index in [0.717, 1.165) is 26.2 Å². The summed E-state index contributed by atoms with van der Waals surface area (Å²) in [6.45, 7) is 4.47. The number of rotatable bonds is 5. The van der Waals surface area contributed by atoms with Gasteiger partial charge in [0.05, 0.1) is 31.8 Å². The molecule has 0 saturated carbocycles. The van der Waals surface area contributed by atoms with Gasteiger partial charge in [-0.25, -0.2) is 27.4 Å². The lowest BCUT2D eigenvalue weighted by atomic mass is 10.2. The Kier molecular flexibility index (Phi) is 6.43. The van der Waals surface area contributed by atoms with Crippen LogP contribution >= 0.6 is 0 Å². The molecule has 1 fully saturated rings. The van der Waals surface area contributed by atoms with E-state index in [9.17, 15) is 26.7 Å². The van der Waals surface area contributed by atoms with E-state index in [0.29, 0.717) is 12.8 Å². The molecule has 3 N–H and O–H groups in total. The normalized spacial score (nSPS) is 20.9. The molecule has 25 heavy (non-hydrogen) atoms. The third kappa shape index (κ3) is 4.73. The monoisotopic (exact) mass is 366 g/mol. The van der Waals surface area contributed by atoms with Crippen molar-refractivity contribution >= 4 is 12.1 Å². The minimum Gasteiger partial charge on any atom is -0.328 e. The summed E-state index contributed by atoms with van der Waals surface area (Å²) >= 11 is 0. The largest absolute Gasteiger partial charge is 0.328 e. The van der Waals surface area contributed by atoms with Crippen LogP contribution in [-0.2, 0) is 4.79 Å². The summed E-state index contributed by atoms with van der Waals surface area (Å²) in [6, 6.07) is 0. The van der Waals surface area contributed by atoms with Crippen LogP contribution in [0.1, 0.15) is 12.0 Å². The number of halogens is 5. The van der Waals surface area contributed by atoms with E-state index in [1.807, 2.05) is 5.43 Å². The van der Waals surface area contributed by atoms with E-state index in [1.54, 1.807) is 0 Å². The van der Waals surface area contributed by atoms with Crippen LogP contribution in [0.5, 0.6) is 0 Å². The van der Waals surface area contributed by atoms with Gasteiger partial charge in [0.15, 0.2) is 23.3 Å². The minimum atomic E-state index is -2.24. The molecule has 1 amide bonds. The first-order valence-corrected chi connectivity index (χ1v) is 7.79. The van der Waals surface area contributed by atoms with Crippen molar-refractivity contribution in [2.45, 2.75) is 6.42 Å². The maximum atomic E-state index is 13.4. The molecular formula is C15H19F5N4O+2. The van der Waals surface area contributed by atoms with Crippen molar-refractivity contribution in [2.75, 3.05) is 39.8 Å². The van der Waals surface area contributed by atoms with E-state index in [-0.39, 0.29) is 6.42 Å². The molecule has 1 aromatic rings. The molecule has 1 saturated heterocycles. The molecular weight excluding hydrogens is 347 g/mol. The van der Waals surface area contributed by atoms with E-state index in [1.165, 1.54) is 9.80 Å². The number of nitrogens with one attached hydrogen (secondary N) is 3. The zero-order chi connectivity index (χ0) is 18.6. The lowest BCUT2D eigenvalue weighted by Gasteiger charge is -2.26. The van der Waals surface area contributed by atoms with Gasteiger partial charge >= 0.3 is 0 Å². The lowest BCUT2D eigenvalue weighted by Crippen LogP contribution is -3.27. The summed E-state index contributed by atoms with van der Waals surface area (Å²) < 4.78 is 65.8.